The van der Waals surface area contributed by atoms with Gasteiger partial charge in [0.05, 0.1) is 13.7 Å². The van der Waals surface area contributed by atoms with Crippen LogP contribution in [0.3, 0.4) is 0 Å². The van der Waals surface area contributed by atoms with Crippen LogP contribution in [0.1, 0.15) is 29.4 Å². The molecule has 28 heavy (non-hydrogen) atoms. The number of guanidine groups is 1. The lowest BCUT2D eigenvalue weighted by Crippen LogP contribution is -2.36. The van der Waals surface area contributed by atoms with E-state index in [9.17, 15) is 0 Å². The van der Waals surface area contributed by atoms with Gasteiger partial charge in [-0.05, 0) is 49.7 Å². The van der Waals surface area contributed by atoms with Gasteiger partial charge in [-0.15, -0.1) is 11.3 Å². The Morgan fingerprint density at radius 2 is 1.89 bits per heavy atom. The van der Waals surface area contributed by atoms with E-state index < -0.39 is 0 Å². The maximum atomic E-state index is 5.18. The zero-order valence-electron chi connectivity index (χ0n) is 16.5. The van der Waals surface area contributed by atoms with Crippen molar-refractivity contribution >= 4 is 17.3 Å². The molecular weight excluding hydrogens is 372 g/mol. The summed E-state index contributed by atoms with van der Waals surface area (Å²) in [5.74, 6) is 2.93. The number of benzene rings is 1. The van der Waals surface area contributed by atoms with Gasteiger partial charge >= 0.3 is 0 Å². The fraction of sp³-hybridized carbons (Fsp3) is 0.350. The molecule has 8 heteroatoms. The zero-order chi connectivity index (χ0) is 19.8. The molecule has 2 aromatic heterocycles. The van der Waals surface area contributed by atoms with Crippen LogP contribution in [0.2, 0.25) is 0 Å². The lowest BCUT2D eigenvalue weighted by molar-refractivity contribution is 0.415. The summed E-state index contributed by atoms with van der Waals surface area (Å²) in [5.41, 5.74) is 0.932. The Labute approximate surface area is 169 Å². The molecule has 0 bridgehead atoms. The average Bonchev–Trinajstić information content (AvgIpc) is 3.39. The lowest BCUT2D eigenvalue weighted by atomic mass is 10.2. The number of aliphatic imine (C=N–C) groups is 1. The van der Waals surface area contributed by atoms with Crippen LogP contribution in [0.5, 0.6) is 5.75 Å². The second-order valence-electron chi connectivity index (χ2n) is 6.10. The summed E-state index contributed by atoms with van der Waals surface area (Å²) in [6.45, 7) is 6.19. The number of rotatable bonds is 8. The smallest absolute Gasteiger partial charge is 0.191 e. The highest BCUT2D eigenvalue weighted by Gasteiger charge is 2.07. The summed E-state index contributed by atoms with van der Waals surface area (Å²) in [6.07, 6.45) is 1.07. The minimum absolute atomic E-state index is 0.420. The molecule has 148 valence electrons. The summed E-state index contributed by atoms with van der Waals surface area (Å²) in [7, 11) is 1.65. The molecule has 2 heterocycles. The van der Waals surface area contributed by atoms with Crippen LogP contribution in [0, 0.1) is 0 Å². The van der Waals surface area contributed by atoms with Crippen molar-refractivity contribution in [2.75, 3.05) is 13.7 Å². The molecule has 1 aromatic carbocycles. The molecule has 0 amide bonds. The van der Waals surface area contributed by atoms with Crippen molar-refractivity contribution in [1.82, 2.24) is 25.8 Å². The highest BCUT2D eigenvalue weighted by atomic mass is 32.1. The van der Waals surface area contributed by atoms with Crippen molar-refractivity contribution in [2.24, 2.45) is 4.99 Å². The summed E-state index contributed by atoms with van der Waals surface area (Å²) in [4.78, 5) is 11.8. The first-order chi connectivity index (χ1) is 13.7. The molecule has 0 aliphatic carbocycles. The normalized spacial score (nSPS) is 11.5. The molecule has 7 nitrogen and oxygen atoms in total. The van der Waals surface area contributed by atoms with Gasteiger partial charge in [0.15, 0.2) is 11.8 Å². The highest BCUT2D eigenvalue weighted by molar-refractivity contribution is 7.11. The molecule has 3 rings (SSSR count). The van der Waals surface area contributed by atoms with Gasteiger partial charge in [-0.25, -0.2) is 9.98 Å². The van der Waals surface area contributed by atoms with Crippen molar-refractivity contribution < 1.29 is 4.74 Å². The van der Waals surface area contributed by atoms with Crippen molar-refractivity contribution in [3.05, 3.63) is 52.0 Å². The second kappa shape index (κ2) is 9.89. The Morgan fingerprint density at radius 1 is 1.11 bits per heavy atom. The molecule has 0 aliphatic heterocycles. The fourth-order valence-corrected chi connectivity index (χ4v) is 3.51. The van der Waals surface area contributed by atoms with E-state index >= 15 is 0 Å². The van der Waals surface area contributed by atoms with Crippen LogP contribution >= 0.6 is 11.3 Å². The van der Waals surface area contributed by atoms with Gasteiger partial charge in [-0.2, -0.15) is 5.10 Å². The first-order valence-electron chi connectivity index (χ1n) is 9.37. The average molecular weight is 399 g/mol. The number of aromatic amines is 1. The quantitative estimate of drug-likeness (QED) is 0.400. The van der Waals surface area contributed by atoms with Crippen molar-refractivity contribution in [3.8, 4) is 17.1 Å². The van der Waals surface area contributed by atoms with E-state index in [1.807, 2.05) is 42.5 Å². The standard InChI is InChI=1S/C20H26N6OS/c1-4-16-10-11-17(28-16)12-22-20(21-5-2)23-13-18-24-19(26-25-18)14-6-8-15(27-3)9-7-14/h6-11H,4-5,12-13H2,1-3H3,(H2,21,22,23)(H,24,25,26). The molecule has 0 aliphatic rings. The van der Waals surface area contributed by atoms with Gasteiger partial charge in [-0.1, -0.05) is 6.92 Å². The van der Waals surface area contributed by atoms with Crippen LogP contribution in [-0.4, -0.2) is 34.8 Å². The summed E-state index contributed by atoms with van der Waals surface area (Å²) in [6, 6.07) is 12.0. The zero-order valence-corrected chi connectivity index (χ0v) is 17.3. The molecule has 0 fully saturated rings. The van der Waals surface area contributed by atoms with Gasteiger partial charge in [-0.3, -0.25) is 5.10 Å². The van der Waals surface area contributed by atoms with Gasteiger partial charge in [0.2, 0.25) is 0 Å². The van der Waals surface area contributed by atoms with Gasteiger partial charge < -0.3 is 15.4 Å². The molecule has 3 aromatic rings. The molecule has 0 atom stereocenters. The molecular formula is C20H26N6OS. The number of hydrogen-bond acceptors (Lipinski definition) is 5. The predicted molar refractivity (Wildman–Crippen MR) is 114 cm³/mol. The number of thiophene rings is 1. The first kappa shape index (κ1) is 19.9. The minimum Gasteiger partial charge on any atom is -0.497 e. The van der Waals surface area contributed by atoms with Crippen LogP contribution in [-0.2, 0) is 19.5 Å². The van der Waals surface area contributed by atoms with Crippen LogP contribution < -0.4 is 15.4 Å². The third-order valence-electron chi connectivity index (χ3n) is 4.11. The van der Waals surface area contributed by atoms with E-state index in [1.165, 1.54) is 9.75 Å². The van der Waals surface area contributed by atoms with Gasteiger partial charge in [0, 0.05) is 21.9 Å². The molecule has 0 unspecified atom stereocenters. The monoisotopic (exact) mass is 398 g/mol. The largest absolute Gasteiger partial charge is 0.497 e. The number of nitrogens with zero attached hydrogens (tertiary/aromatic N) is 3. The fourth-order valence-electron chi connectivity index (χ4n) is 2.61. The van der Waals surface area contributed by atoms with E-state index in [2.05, 4.69) is 49.9 Å². The highest BCUT2D eigenvalue weighted by Crippen LogP contribution is 2.19. The first-order valence-corrected chi connectivity index (χ1v) is 10.2. The van der Waals surface area contributed by atoms with E-state index in [4.69, 9.17) is 4.74 Å². The molecule has 3 N–H and O–H groups in total. The summed E-state index contributed by atoms with van der Waals surface area (Å²) in [5, 5.41) is 13.9. The van der Waals surface area contributed by atoms with Crippen LogP contribution in [0.15, 0.2) is 41.4 Å². The third kappa shape index (κ3) is 5.32. The second-order valence-corrected chi connectivity index (χ2v) is 7.36. The molecule has 0 saturated carbocycles. The van der Waals surface area contributed by atoms with Crippen LogP contribution in [0.25, 0.3) is 11.4 Å². The Morgan fingerprint density at radius 3 is 2.57 bits per heavy atom. The Bertz CT molecular complexity index is 900. The van der Waals surface area contributed by atoms with Crippen LogP contribution in [0.4, 0.5) is 0 Å². The predicted octanol–water partition coefficient (Wildman–Crippen LogP) is 3.36. The number of nitrogens with one attached hydrogen (secondary N) is 3. The van der Waals surface area contributed by atoms with Gasteiger partial charge in [0.1, 0.15) is 18.1 Å². The lowest BCUT2D eigenvalue weighted by Gasteiger charge is -2.09. The Hall–Kier alpha value is -2.87. The number of H-pyrrole nitrogens is 1. The maximum absolute atomic E-state index is 5.18. The Kier molecular flexibility index (Phi) is 7.02. The Balaban J connectivity index is 1.61. The van der Waals surface area contributed by atoms with E-state index in [-0.39, 0.29) is 0 Å². The summed E-state index contributed by atoms with van der Waals surface area (Å²) >= 11 is 1.83. The number of ether oxygens (including phenoxy) is 1. The molecule has 0 saturated heterocycles. The summed E-state index contributed by atoms with van der Waals surface area (Å²) < 4.78 is 5.18. The number of hydrogen-bond donors (Lipinski definition) is 3. The number of methoxy groups -OCH3 is 1. The topological polar surface area (TPSA) is 87.2 Å². The number of aryl methyl sites for hydroxylation is 1. The van der Waals surface area contributed by atoms with Crippen molar-refractivity contribution in [1.29, 1.82) is 0 Å². The van der Waals surface area contributed by atoms with E-state index in [1.54, 1.807) is 7.11 Å². The van der Waals surface area contributed by atoms with Gasteiger partial charge in [0.25, 0.3) is 0 Å². The molecule has 0 spiro atoms. The van der Waals surface area contributed by atoms with Crippen molar-refractivity contribution in [3.63, 3.8) is 0 Å². The van der Waals surface area contributed by atoms with E-state index in [0.717, 1.165) is 36.8 Å². The third-order valence-corrected chi connectivity index (χ3v) is 5.34. The van der Waals surface area contributed by atoms with E-state index in [0.29, 0.717) is 18.2 Å². The number of aromatic nitrogens is 3. The minimum atomic E-state index is 0.420. The molecule has 0 radical (unpaired) electrons. The maximum Gasteiger partial charge on any atom is 0.191 e. The van der Waals surface area contributed by atoms with Crippen molar-refractivity contribution in [2.45, 2.75) is 33.4 Å². The SMILES string of the molecule is CCNC(=NCc1nc(-c2ccc(OC)cc2)n[nH]1)NCc1ccc(CC)s1.